The molecule has 84 valence electrons. The molecule has 0 saturated heterocycles. The highest BCUT2D eigenvalue weighted by molar-refractivity contribution is 6.06. The number of benzene rings is 2. The number of aromatic hydroxyl groups is 1. The molecule has 1 aromatic heterocycles. The Balaban J connectivity index is 2.68. The van der Waals surface area contributed by atoms with Crippen molar-refractivity contribution in [1.82, 2.24) is 4.98 Å². The van der Waals surface area contributed by atoms with Crippen molar-refractivity contribution in [2.75, 3.05) is 0 Å². The Kier molecular flexibility index (Phi) is 1.95. The number of aryl methyl sites for hydroxylation is 1. The van der Waals surface area contributed by atoms with Gasteiger partial charge in [0.1, 0.15) is 5.75 Å². The molecule has 0 spiro atoms. The SMILES string of the molecule is Cc1cc(O)cc2c1[nH]c(=O)c1ccccc12. The Morgan fingerprint density at radius 3 is 2.53 bits per heavy atom. The van der Waals surface area contributed by atoms with E-state index in [4.69, 9.17) is 0 Å². The number of H-pyrrole nitrogens is 1. The van der Waals surface area contributed by atoms with Crippen LogP contribution in [0.15, 0.2) is 41.2 Å². The number of nitrogens with one attached hydrogen (secondary N) is 1. The summed E-state index contributed by atoms with van der Waals surface area (Å²) in [6, 6.07) is 10.7. The van der Waals surface area contributed by atoms with E-state index in [1.54, 1.807) is 18.2 Å². The van der Waals surface area contributed by atoms with E-state index in [1.807, 2.05) is 25.1 Å². The molecule has 0 aliphatic carbocycles. The van der Waals surface area contributed by atoms with Crippen molar-refractivity contribution in [3.63, 3.8) is 0 Å². The summed E-state index contributed by atoms with van der Waals surface area (Å²) >= 11 is 0. The summed E-state index contributed by atoms with van der Waals surface area (Å²) in [7, 11) is 0. The Bertz CT molecular complexity index is 787. The summed E-state index contributed by atoms with van der Waals surface area (Å²) in [6.45, 7) is 1.87. The number of phenolic OH excluding ortho intramolecular Hbond substituents is 1. The molecule has 17 heavy (non-hydrogen) atoms. The molecule has 3 heteroatoms. The van der Waals surface area contributed by atoms with Gasteiger partial charge in [0.05, 0.1) is 5.52 Å². The van der Waals surface area contributed by atoms with Crippen LogP contribution in [0.5, 0.6) is 5.75 Å². The van der Waals surface area contributed by atoms with Crippen molar-refractivity contribution in [2.45, 2.75) is 6.92 Å². The van der Waals surface area contributed by atoms with Crippen molar-refractivity contribution in [1.29, 1.82) is 0 Å². The van der Waals surface area contributed by atoms with Gasteiger partial charge >= 0.3 is 0 Å². The minimum Gasteiger partial charge on any atom is -0.508 e. The second-order valence-electron chi connectivity index (χ2n) is 4.18. The van der Waals surface area contributed by atoms with E-state index in [1.165, 1.54) is 0 Å². The van der Waals surface area contributed by atoms with Crippen LogP contribution in [0, 0.1) is 6.92 Å². The molecule has 0 amide bonds. The fraction of sp³-hybridized carbons (Fsp3) is 0.0714. The molecule has 1 heterocycles. The molecule has 3 nitrogen and oxygen atoms in total. The summed E-state index contributed by atoms with van der Waals surface area (Å²) in [5.41, 5.74) is 1.55. The van der Waals surface area contributed by atoms with E-state index in [0.29, 0.717) is 5.39 Å². The van der Waals surface area contributed by atoms with E-state index in [0.717, 1.165) is 21.9 Å². The molecule has 0 aliphatic heterocycles. The molecular weight excluding hydrogens is 214 g/mol. The zero-order valence-electron chi connectivity index (χ0n) is 9.32. The van der Waals surface area contributed by atoms with Gasteiger partial charge in [-0.15, -0.1) is 0 Å². The Morgan fingerprint density at radius 2 is 1.76 bits per heavy atom. The first-order valence-electron chi connectivity index (χ1n) is 5.41. The van der Waals surface area contributed by atoms with Crippen LogP contribution >= 0.6 is 0 Å². The summed E-state index contributed by atoms with van der Waals surface area (Å²) in [4.78, 5) is 14.8. The van der Waals surface area contributed by atoms with Crippen LogP contribution in [0.2, 0.25) is 0 Å². The average molecular weight is 225 g/mol. The Morgan fingerprint density at radius 1 is 1.06 bits per heavy atom. The van der Waals surface area contributed by atoms with E-state index >= 15 is 0 Å². The first-order chi connectivity index (χ1) is 8.16. The van der Waals surface area contributed by atoms with E-state index in [9.17, 15) is 9.90 Å². The third kappa shape index (κ3) is 1.40. The normalized spacial score (nSPS) is 11.1. The molecule has 0 unspecified atom stereocenters. The number of phenols is 1. The zero-order valence-corrected chi connectivity index (χ0v) is 9.32. The van der Waals surface area contributed by atoms with Gasteiger partial charge in [-0.3, -0.25) is 4.79 Å². The lowest BCUT2D eigenvalue weighted by Crippen LogP contribution is -2.06. The molecule has 0 atom stereocenters. The fourth-order valence-electron chi connectivity index (χ4n) is 2.24. The minimum absolute atomic E-state index is 0.0955. The summed E-state index contributed by atoms with van der Waals surface area (Å²) < 4.78 is 0. The first-order valence-corrected chi connectivity index (χ1v) is 5.41. The van der Waals surface area contributed by atoms with Crippen LogP contribution in [0.25, 0.3) is 21.7 Å². The topological polar surface area (TPSA) is 53.1 Å². The van der Waals surface area contributed by atoms with E-state index in [-0.39, 0.29) is 11.3 Å². The van der Waals surface area contributed by atoms with Crippen molar-refractivity contribution in [3.05, 3.63) is 52.3 Å². The third-order valence-corrected chi connectivity index (χ3v) is 3.02. The number of aromatic amines is 1. The maximum atomic E-state index is 11.9. The highest BCUT2D eigenvalue weighted by atomic mass is 16.3. The molecule has 3 rings (SSSR count). The molecule has 2 N–H and O–H groups in total. The second-order valence-corrected chi connectivity index (χ2v) is 4.18. The van der Waals surface area contributed by atoms with Gasteiger partial charge in [0.15, 0.2) is 0 Å². The molecule has 0 aliphatic rings. The highest BCUT2D eigenvalue weighted by Crippen LogP contribution is 2.27. The first kappa shape index (κ1) is 9.90. The third-order valence-electron chi connectivity index (χ3n) is 3.02. The highest BCUT2D eigenvalue weighted by Gasteiger charge is 2.07. The predicted molar refractivity (Wildman–Crippen MR) is 68.5 cm³/mol. The number of aromatic nitrogens is 1. The van der Waals surface area contributed by atoms with Crippen molar-refractivity contribution in [3.8, 4) is 5.75 Å². The Labute approximate surface area is 97.3 Å². The quantitative estimate of drug-likeness (QED) is 0.578. The second kappa shape index (κ2) is 3.35. The smallest absolute Gasteiger partial charge is 0.256 e. The molecule has 2 aromatic carbocycles. The lowest BCUT2D eigenvalue weighted by atomic mass is 10.0. The Hall–Kier alpha value is -2.29. The van der Waals surface area contributed by atoms with Crippen molar-refractivity contribution < 1.29 is 5.11 Å². The van der Waals surface area contributed by atoms with Gasteiger partial charge in [-0.05, 0) is 36.1 Å². The minimum atomic E-state index is -0.0955. The zero-order chi connectivity index (χ0) is 12.0. The average Bonchev–Trinajstić information content (AvgIpc) is 2.31. The van der Waals surface area contributed by atoms with Gasteiger partial charge in [-0.1, -0.05) is 18.2 Å². The maximum Gasteiger partial charge on any atom is 0.256 e. The van der Waals surface area contributed by atoms with Crippen LogP contribution in [-0.4, -0.2) is 10.1 Å². The van der Waals surface area contributed by atoms with Crippen LogP contribution < -0.4 is 5.56 Å². The van der Waals surface area contributed by atoms with Crippen LogP contribution in [0.1, 0.15) is 5.56 Å². The number of fused-ring (bicyclic) bond motifs is 3. The molecular formula is C14H11NO2. The number of rotatable bonds is 0. The van der Waals surface area contributed by atoms with Gasteiger partial charge in [0.2, 0.25) is 0 Å². The molecule has 0 fully saturated rings. The maximum absolute atomic E-state index is 11.9. The lowest BCUT2D eigenvalue weighted by Gasteiger charge is -2.06. The van der Waals surface area contributed by atoms with Gasteiger partial charge in [-0.2, -0.15) is 0 Å². The number of pyridine rings is 1. The molecule has 3 aromatic rings. The summed E-state index contributed by atoms with van der Waals surface area (Å²) in [5, 5.41) is 12.0. The van der Waals surface area contributed by atoms with Crippen molar-refractivity contribution >= 4 is 21.7 Å². The largest absolute Gasteiger partial charge is 0.508 e. The molecule has 0 radical (unpaired) electrons. The van der Waals surface area contributed by atoms with E-state index < -0.39 is 0 Å². The summed E-state index contributed by atoms with van der Waals surface area (Å²) in [5.74, 6) is 0.215. The van der Waals surface area contributed by atoms with E-state index in [2.05, 4.69) is 4.98 Å². The monoisotopic (exact) mass is 225 g/mol. The molecule has 0 saturated carbocycles. The van der Waals surface area contributed by atoms with Gasteiger partial charge in [0, 0.05) is 10.8 Å². The van der Waals surface area contributed by atoms with Gasteiger partial charge in [0.25, 0.3) is 5.56 Å². The van der Waals surface area contributed by atoms with Gasteiger partial charge < -0.3 is 10.1 Å². The standard InChI is InChI=1S/C14H11NO2/c1-8-6-9(16)7-12-10-4-2-3-5-11(10)14(17)15-13(8)12/h2-7,16H,1H3,(H,15,17). The lowest BCUT2D eigenvalue weighted by molar-refractivity contribution is 0.476. The summed E-state index contributed by atoms with van der Waals surface area (Å²) in [6.07, 6.45) is 0. The number of hydrogen-bond donors (Lipinski definition) is 2. The van der Waals surface area contributed by atoms with Gasteiger partial charge in [-0.25, -0.2) is 0 Å². The van der Waals surface area contributed by atoms with Crippen LogP contribution in [-0.2, 0) is 0 Å². The number of hydrogen-bond acceptors (Lipinski definition) is 2. The predicted octanol–water partition coefficient (Wildman–Crippen LogP) is 2.70. The van der Waals surface area contributed by atoms with Crippen molar-refractivity contribution in [2.24, 2.45) is 0 Å². The van der Waals surface area contributed by atoms with Crippen LogP contribution in [0.3, 0.4) is 0 Å². The van der Waals surface area contributed by atoms with Crippen LogP contribution in [0.4, 0.5) is 0 Å². The fourth-order valence-corrected chi connectivity index (χ4v) is 2.24. The molecule has 0 bridgehead atoms.